The summed E-state index contributed by atoms with van der Waals surface area (Å²) in [7, 11) is 0. The normalized spacial score (nSPS) is 20.8. The van der Waals surface area contributed by atoms with Crippen molar-refractivity contribution >= 4 is 23.2 Å². The van der Waals surface area contributed by atoms with Crippen molar-refractivity contribution in [1.82, 2.24) is 0 Å². The molecule has 0 bridgehead atoms. The first-order chi connectivity index (χ1) is 7.92. The molecule has 0 aromatic rings. The van der Waals surface area contributed by atoms with Crippen molar-refractivity contribution in [3.8, 4) is 0 Å². The third-order valence-corrected chi connectivity index (χ3v) is 2.76. The van der Waals surface area contributed by atoms with E-state index in [0.717, 1.165) is 11.1 Å². The lowest BCUT2D eigenvalue weighted by Gasteiger charge is -2.30. The molecule has 102 valence electrons. The quantitative estimate of drug-likeness (QED) is 0.473. The maximum Gasteiger partial charge on any atom is 0.124 e. The molecular formula is C14H26Cl2O. The molecule has 1 rings (SSSR count). The fraction of sp³-hybridized carbons (Fsp3) is 0.571. The van der Waals surface area contributed by atoms with Crippen molar-refractivity contribution < 1.29 is 5.11 Å². The number of aliphatic hydroxyl groups excluding tert-OH is 1. The van der Waals surface area contributed by atoms with Gasteiger partial charge in [-0.25, -0.2) is 0 Å². The van der Waals surface area contributed by atoms with E-state index in [-0.39, 0.29) is 0 Å². The van der Waals surface area contributed by atoms with Crippen LogP contribution in [-0.2, 0) is 0 Å². The van der Waals surface area contributed by atoms with Crippen molar-refractivity contribution in [1.29, 1.82) is 0 Å². The Kier molecular flexibility index (Phi) is 15.8. The van der Waals surface area contributed by atoms with Crippen LogP contribution in [-0.4, -0.2) is 15.5 Å². The van der Waals surface area contributed by atoms with Crippen LogP contribution in [0.25, 0.3) is 0 Å². The van der Waals surface area contributed by atoms with Crippen LogP contribution < -0.4 is 0 Å². The van der Waals surface area contributed by atoms with Crippen molar-refractivity contribution in [2.75, 3.05) is 0 Å². The van der Waals surface area contributed by atoms with Crippen LogP contribution in [0.15, 0.2) is 37.5 Å². The van der Waals surface area contributed by atoms with Gasteiger partial charge in [-0.1, -0.05) is 19.4 Å². The van der Waals surface area contributed by atoms with Crippen LogP contribution in [0.1, 0.15) is 40.5 Å². The number of allylic oxidation sites excluding steroid dienone is 1. The van der Waals surface area contributed by atoms with Crippen LogP contribution in [0.5, 0.6) is 0 Å². The minimum atomic E-state index is -0.761. The molecule has 0 aliphatic heterocycles. The van der Waals surface area contributed by atoms with Gasteiger partial charge in [-0.3, -0.25) is 0 Å². The second-order valence-corrected chi connectivity index (χ2v) is 4.86. The second-order valence-electron chi connectivity index (χ2n) is 3.22. The molecular weight excluding hydrogens is 255 g/mol. The highest BCUT2D eigenvalue weighted by molar-refractivity contribution is 6.48. The van der Waals surface area contributed by atoms with Crippen LogP contribution in [0, 0.1) is 0 Å². The van der Waals surface area contributed by atoms with Crippen LogP contribution in [0.4, 0.5) is 0 Å². The molecule has 0 aromatic heterocycles. The number of alkyl halides is 2. The third-order valence-electron chi connectivity index (χ3n) is 2.19. The largest absolute Gasteiger partial charge is 0.389 e. The summed E-state index contributed by atoms with van der Waals surface area (Å²) < 4.78 is -0.761. The lowest BCUT2D eigenvalue weighted by Crippen LogP contribution is -2.28. The summed E-state index contributed by atoms with van der Waals surface area (Å²) in [6, 6.07) is 0. The summed E-state index contributed by atoms with van der Waals surface area (Å²) in [5.41, 5.74) is 2.12. The van der Waals surface area contributed by atoms with E-state index in [4.69, 9.17) is 23.2 Å². The Morgan fingerprint density at radius 1 is 1.12 bits per heavy atom. The summed E-state index contributed by atoms with van der Waals surface area (Å²) >= 11 is 11.8. The molecule has 0 radical (unpaired) electrons. The summed E-state index contributed by atoms with van der Waals surface area (Å²) in [5, 5.41) is 9.46. The molecule has 0 amide bonds. The number of aliphatic hydroxyl groups is 1. The van der Waals surface area contributed by atoms with E-state index >= 15 is 0 Å². The molecule has 0 saturated carbocycles. The van der Waals surface area contributed by atoms with Gasteiger partial charge >= 0.3 is 0 Å². The fourth-order valence-electron chi connectivity index (χ4n) is 1.32. The summed E-state index contributed by atoms with van der Waals surface area (Å²) in [6.07, 6.45) is 0.650. The van der Waals surface area contributed by atoms with E-state index in [1.165, 1.54) is 0 Å². The SMILES string of the molecule is C=C.C=C.CC.CC1=C(C)C(O)CC(Cl)(Cl)C1. The van der Waals surface area contributed by atoms with Gasteiger partial charge in [0.15, 0.2) is 0 Å². The molecule has 0 saturated heterocycles. The number of hydrogen-bond donors (Lipinski definition) is 1. The fourth-order valence-corrected chi connectivity index (χ4v) is 2.01. The van der Waals surface area contributed by atoms with Crippen LogP contribution in [0.2, 0.25) is 0 Å². The summed E-state index contributed by atoms with van der Waals surface area (Å²) in [6.45, 7) is 19.9. The standard InChI is InChI=1S/C8H12Cl2O.C2H6.2C2H4/c1-5-3-8(9,10)4-7(11)6(5)2;3*1-2/h7,11H,3-4H2,1-2H3;1-2H3;2*1-2H2. The van der Waals surface area contributed by atoms with Gasteiger partial charge in [0, 0.05) is 12.8 Å². The predicted molar refractivity (Wildman–Crippen MR) is 81.9 cm³/mol. The molecule has 0 fully saturated rings. The van der Waals surface area contributed by atoms with E-state index < -0.39 is 10.4 Å². The van der Waals surface area contributed by atoms with E-state index in [2.05, 4.69) is 26.3 Å². The Bertz CT molecular complexity index is 220. The molecule has 1 nitrogen and oxygen atoms in total. The van der Waals surface area contributed by atoms with Gasteiger partial charge in [0.05, 0.1) is 6.10 Å². The van der Waals surface area contributed by atoms with Crippen molar-refractivity contribution in [3.63, 3.8) is 0 Å². The Balaban J connectivity index is -0.000000285. The molecule has 3 heteroatoms. The summed E-state index contributed by atoms with van der Waals surface area (Å²) in [4.78, 5) is 0. The Hall–Kier alpha value is -0.240. The highest BCUT2D eigenvalue weighted by Gasteiger charge is 2.33. The maximum absolute atomic E-state index is 9.46. The van der Waals surface area contributed by atoms with Crippen LogP contribution in [0.3, 0.4) is 0 Å². The number of hydrogen-bond acceptors (Lipinski definition) is 1. The zero-order valence-electron chi connectivity index (χ0n) is 11.5. The number of halogens is 2. The van der Waals surface area contributed by atoms with Gasteiger partial charge in [-0.05, 0) is 19.4 Å². The molecule has 17 heavy (non-hydrogen) atoms. The topological polar surface area (TPSA) is 20.2 Å². The Morgan fingerprint density at radius 2 is 1.47 bits per heavy atom. The average Bonchev–Trinajstić information content (AvgIpc) is 2.33. The molecule has 1 aliphatic carbocycles. The van der Waals surface area contributed by atoms with Gasteiger partial charge in [-0.2, -0.15) is 0 Å². The predicted octanol–water partition coefficient (Wildman–Crippen LogP) is 5.28. The molecule has 1 N–H and O–H groups in total. The molecule has 0 aromatic carbocycles. The first-order valence-corrected chi connectivity index (χ1v) is 6.40. The monoisotopic (exact) mass is 280 g/mol. The van der Waals surface area contributed by atoms with E-state index in [1.807, 2.05) is 27.7 Å². The lowest BCUT2D eigenvalue weighted by atomic mass is 9.91. The zero-order chi connectivity index (χ0) is 14.6. The van der Waals surface area contributed by atoms with E-state index in [1.54, 1.807) is 0 Å². The maximum atomic E-state index is 9.46. The summed E-state index contributed by atoms with van der Waals surface area (Å²) in [5.74, 6) is 0. The first-order valence-electron chi connectivity index (χ1n) is 5.64. The third kappa shape index (κ3) is 9.46. The molecule has 1 aliphatic rings. The van der Waals surface area contributed by atoms with E-state index in [0.29, 0.717) is 12.8 Å². The van der Waals surface area contributed by atoms with Crippen molar-refractivity contribution in [2.24, 2.45) is 0 Å². The van der Waals surface area contributed by atoms with Gasteiger partial charge in [0.25, 0.3) is 0 Å². The average molecular weight is 281 g/mol. The molecule has 0 spiro atoms. The minimum absolute atomic E-state index is 0.444. The lowest BCUT2D eigenvalue weighted by molar-refractivity contribution is 0.185. The van der Waals surface area contributed by atoms with Gasteiger partial charge in [0.2, 0.25) is 0 Å². The highest BCUT2D eigenvalue weighted by Crippen LogP contribution is 2.40. The van der Waals surface area contributed by atoms with Gasteiger partial charge in [-0.15, -0.1) is 49.5 Å². The Labute approximate surface area is 117 Å². The zero-order valence-corrected chi connectivity index (χ0v) is 13.0. The molecule has 1 atom stereocenters. The highest BCUT2D eigenvalue weighted by atomic mass is 35.5. The second kappa shape index (κ2) is 12.2. The Morgan fingerprint density at radius 3 is 1.76 bits per heavy atom. The molecule has 1 unspecified atom stereocenters. The van der Waals surface area contributed by atoms with Crippen molar-refractivity contribution in [2.45, 2.75) is 51.0 Å². The van der Waals surface area contributed by atoms with Crippen LogP contribution >= 0.6 is 23.2 Å². The minimum Gasteiger partial charge on any atom is -0.389 e. The van der Waals surface area contributed by atoms with Gasteiger partial charge < -0.3 is 5.11 Å². The van der Waals surface area contributed by atoms with E-state index in [9.17, 15) is 5.11 Å². The molecule has 0 heterocycles. The van der Waals surface area contributed by atoms with Crippen molar-refractivity contribution in [3.05, 3.63) is 37.5 Å². The van der Waals surface area contributed by atoms with Gasteiger partial charge in [0.1, 0.15) is 4.33 Å². The first kappa shape index (κ1) is 22.0. The number of rotatable bonds is 0. The smallest absolute Gasteiger partial charge is 0.124 e.